The molecule has 226 valence electrons. The Labute approximate surface area is 257 Å². The zero-order chi connectivity index (χ0) is 29.9. The van der Waals surface area contributed by atoms with E-state index >= 15 is 0 Å². The number of aryl methyl sites for hydroxylation is 1. The number of nitrogens with one attached hydrogen (secondary N) is 1. The highest BCUT2D eigenvalue weighted by molar-refractivity contribution is 5.80. The van der Waals surface area contributed by atoms with E-state index in [-0.39, 0.29) is 23.7 Å². The SMILES string of the molecule is CCc1ccc2[nH]c(=O)c([C@H](c3nnnn3C[C@@H]3CCCO3)N3CCN(C(c4ccccc4)c4ccccc4)CC3)cc2c1. The number of rotatable bonds is 9. The maximum absolute atomic E-state index is 13.8. The number of piperazine rings is 1. The standard InChI is InChI=1S/C35H39N7O2/c1-2-25-15-16-31-28(22-25)23-30(35(43)36-31)33(34-37-38-39-42(34)24-29-14-9-21-44-29)41-19-17-40(18-20-41)32(26-10-5-3-6-11-26)27-12-7-4-8-13-27/h3-8,10-13,15-16,22-23,29,32-33H,2,9,14,17-21,24H2,1H3,(H,36,43)/t29-,33+/m0/s1. The van der Waals surface area contributed by atoms with E-state index in [1.807, 2.05) is 16.8 Å². The van der Waals surface area contributed by atoms with E-state index in [0.29, 0.717) is 17.9 Å². The summed E-state index contributed by atoms with van der Waals surface area (Å²) in [6.45, 7) is 6.69. The molecule has 44 heavy (non-hydrogen) atoms. The van der Waals surface area contributed by atoms with Gasteiger partial charge in [0.05, 0.1) is 18.7 Å². The number of aromatic nitrogens is 5. The first-order valence-electron chi connectivity index (χ1n) is 15.8. The van der Waals surface area contributed by atoms with Crippen LogP contribution >= 0.6 is 0 Å². The molecule has 2 fully saturated rings. The Balaban J connectivity index is 1.24. The number of tetrazole rings is 1. The van der Waals surface area contributed by atoms with Crippen LogP contribution in [0.3, 0.4) is 0 Å². The van der Waals surface area contributed by atoms with Gasteiger partial charge in [0.1, 0.15) is 6.04 Å². The number of hydrogen-bond donors (Lipinski definition) is 1. The first-order valence-corrected chi connectivity index (χ1v) is 15.8. The quantitative estimate of drug-likeness (QED) is 0.265. The topological polar surface area (TPSA) is 92.2 Å². The highest BCUT2D eigenvalue weighted by atomic mass is 16.5. The van der Waals surface area contributed by atoms with Crippen LogP contribution in [-0.2, 0) is 17.7 Å². The van der Waals surface area contributed by atoms with Gasteiger partial charge in [-0.05, 0) is 70.0 Å². The van der Waals surface area contributed by atoms with Gasteiger partial charge in [0.2, 0.25) is 0 Å². The van der Waals surface area contributed by atoms with Crippen LogP contribution in [0, 0.1) is 0 Å². The normalized spacial score (nSPS) is 18.7. The number of aromatic amines is 1. The van der Waals surface area contributed by atoms with Crippen LogP contribution in [0.1, 0.15) is 59.9 Å². The lowest BCUT2D eigenvalue weighted by atomic mass is 9.96. The molecule has 2 aliphatic heterocycles. The Hall–Kier alpha value is -4.18. The minimum atomic E-state index is -0.390. The van der Waals surface area contributed by atoms with E-state index in [1.165, 1.54) is 16.7 Å². The molecule has 2 aromatic heterocycles. The van der Waals surface area contributed by atoms with Gasteiger partial charge in [-0.25, -0.2) is 4.68 Å². The molecule has 0 radical (unpaired) electrons. The van der Waals surface area contributed by atoms with Crippen LogP contribution in [0.2, 0.25) is 0 Å². The number of hydrogen-bond acceptors (Lipinski definition) is 7. The van der Waals surface area contributed by atoms with Gasteiger partial charge in [-0.2, -0.15) is 0 Å². The molecule has 0 amide bonds. The lowest BCUT2D eigenvalue weighted by molar-refractivity contribution is 0.0778. The summed E-state index contributed by atoms with van der Waals surface area (Å²) in [5.74, 6) is 0.688. The van der Waals surface area contributed by atoms with E-state index in [2.05, 4.69) is 110 Å². The average molecular weight is 590 g/mol. The largest absolute Gasteiger partial charge is 0.376 e. The molecule has 7 rings (SSSR count). The molecular weight excluding hydrogens is 550 g/mol. The van der Waals surface area contributed by atoms with Gasteiger partial charge in [-0.3, -0.25) is 14.6 Å². The smallest absolute Gasteiger partial charge is 0.253 e. The van der Waals surface area contributed by atoms with Crippen molar-refractivity contribution in [2.24, 2.45) is 0 Å². The molecule has 2 saturated heterocycles. The van der Waals surface area contributed by atoms with Gasteiger partial charge >= 0.3 is 0 Å². The summed E-state index contributed by atoms with van der Waals surface area (Å²) in [6.07, 6.45) is 3.04. The highest BCUT2D eigenvalue weighted by Gasteiger charge is 2.35. The summed E-state index contributed by atoms with van der Waals surface area (Å²) >= 11 is 0. The molecule has 1 N–H and O–H groups in total. The van der Waals surface area contributed by atoms with Crippen molar-refractivity contribution in [2.45, 2.75) is 50.9 Å². The molecule has 2 aliphatic rings. The molecule has 0 saturated carbocycles. The van der Waals surface area contributed by atoms with E-state index < -0.39 is 0 Å². The highest BCUT2D eigenvalue weighted by Crippen LogP contribution is 2.33. The third kappa shape index (κ3) is 5.83. The third-order valence-electron chi connectivity index (χ3n) is 9.15. The van der Waals surface area contributed by atoms with Crippen molar-refractivity contribution in [3.8, 4) is 0 Å². The van der Waals surface area contributed by atoms with Crippen molar-refractivity contribution >= 4 is 10.9 Å². The van der Waals surface area contributed by atoms with Crippen LogP contribution in [0.5, 0.6) is 0 Å². The second-order valence-electron chi connectivity index (χ2n) is 11.9. The Morgan fingerprint density at radius 3 is 2.20 bits per heavy atom. The summed E-state index contributed by atoms with van der Waals surface area (Å²) in [5.41, 5.74) is 5.20. The van der Waals surface area contributed by atoms with Crippen LogP contribution in [-0.4, -0.2) is 73.9 Å². The minimum Gasteiger partial charge on any atom is -0.376 e. The van der Waals surface area contributed by atoms with E-state index in [4.69, 9.17) is 4.74 Å². The molecule has 5 aromatic rings. The van der Waals surface area contributed by atoms with Crippen LogP contribution in [0.25, 0.3) is 10.9 Å². The Morgan fingerprint density at radius 1 is 0.886 bits per heavy atom. The first-order chi connectivity index (χ1) is 21.7. The summed E-state index contributed by atoms with van der Waals surface area (Å²) < 4.78 is 7.80. The molecule has 4 heterocycles. The predicted octanol–water partition coefficient (Wildman–Crippen LogP) is 4.75. The number of pyridine rings is 1. The van der Waals surface area contributed by atoms with Gasteiger partial charge in [0.25, 0.3) is 5.56 Å². The zero-order valence-electron chi connectivity index (χ0n) is 25.2. The van der Waals surface area contributed by atoms with Crippen molar-refractivity contribution < 1.29 is 4.74 Å². The van der Waals surface area contributed by atoms with Gasteiger partial charge in [0, 0.05) is 43.9 Å². The molecule has 9 nitrogen and oxygen atoms in total. The molecule has 0 aliphatic carbocycles. The molecular formula is C35H39N7O2. The lowest BCUT2D eigenvalue weighted by Crippen LogP contribution is -2.50. The van der Waals surface area contributed by atoms with Crippen molar-refractivity contribution in [1.82, 2.24) is 35.0 Å². The Kier molecular flexibility index (Phi) is 8.33. The number of fused-ring (bicyclic) bond motifs is 1. The molecule has 9 heteroatoms. The summed E-state index contributed by atoms with van der Waals surface area (Å²) in [6, 6.07) is 29.5. The maximum atomic E-state index is 13.8. The zero-order valence-corrected chi connectivity index (χ0v) is 25.2. The van der Waals surface area contributed by atoms with Crippen molar-refractivity contribution in [2.75, 3.05) is 32.8 Å². The lowest BCUT2D eigenvalue weighted by Gasteiger charge is -2.42. The van der Waals surface area contributed by atoms with E-state index in [1.54, 1.807) is 0 Å². The van der Waals surface area contributed by atoms with Crippen molar-refractivity contribution in [3.05, 3.63) is 123 Å². The van der Waals surface area contributed by atoms with E-state index in [0.717, 1.165) is 63.0 Å². The summed E-state index contributed by atoms with van der Waals surface area (Å²) in [4.78, 5) is 21.9. The van der Waals surface area contributed by atoms with Crippen LogP contribution in [0.15, 0.2) is 89.7 Å². The molecule has 0 spiro atoms. The van der Waals surface area contributed by atoms with Crippen molar-refractivity contribution in [3.63, 3.8) is 0 Å². The number of H-pyrrole nitrogens is 1. The first kappa shape index (κ1) is 28.6. The fraction of sp³-hybridized carbons (Fsp3) is 0.371. The van der Waals surface area contributed by atoms with Crippen molar-refractivity contribution in [1.29, 1.82) is 0 Å². The molecule has 3 aromatic carbocycles. The molecule has 0 unspecified atom stereocenters. The number of benzene rings is 3. The van der Waals surface area contributed by atoms with Crippen LogP contribution < -0.4 is 5.56 Å². The third-order valence-corrected chi connectivity index (χ3v) is 9.15. The maximum Gasteiger partial charge on any atom is 0.253 e. The van der Waals surface area contributed by atoms with Gasteiger partial charge in [-0.15, -0.1) is 5.10 Å². The fourth-order valence-corrected chi connectivity index (χ4v) is 6.85. The average Bonchev–Trinajstić information content (AvgIpc) is 3.76. The fourth-order valence-electron chi connectivity index (χ4n) is 6.85. The van der Waals surface area contributed by atoms with Crippen LogP contribution in [0.4, 0.5) is 0 Å². The molecule has 0 bridgehead atoms. The second-order valence-corrected chi connectivity index (χ2v) is 11.9. The Bertz CT molecular complexity index is 1700. The Morgan fingerprint density at radius 2 is 1.57 bits per heavy atom. The van der Waals surface area contributed by atoms with Gasteiger partial charge in [-0.1, -0.05) is 73.7 Å². The summed E-state index contributed by atoms with van der Waals surface area (Å²) in [7, 11) is 0. The van der Waals surface area contributed by atoms with Gasteiger partial charge < -0.3 is 9.72 Å². The van der Waals surface area contributed by atoms with Gasteiger partial charge in [0.15, 0.2) is 5.82 Å². The minimum absolute atomic E-state index is 0.0780. The summed E-state index contributed by atoms with van der Waals surface area (Å²) in [5, 5.41) is 14.1. The number of nitrogens with zero attached hydrogens (tertiary/aromatic N) is 6. The van der Waals surface area contributed by atoms with E-state index in [9.17, 15) is 4.79 Å². The predicted molar refractivity (Wildman–Crippen MR) is 170 cm³/mol. The number of ether oxygens (including phenoxy) is 1. The molecule has 2 atom stereocenters. The second kappa shape index (κ2) is 12.8. The monoisotopic (exact) mass is 589 g/mol.